The maximum atomic E-state index is 12.9. The van der Waals surface area contributed by atoms with Crippen molar-refractivity contribution in [3.8, 4) is 0 Å². The molecule has 0 aromatic rings. The summed E-state index contributed by atoms with van der Waals surface area (Å²) in [6.07, 6.45) is 63.8. The zero-order valence-electron chi connectivity index (χ0n) is 45.1. The highest BCUT2D eigenvalue weighted by molar-refractivity contribution is 7.47. The molecule has 0 heterocycles. The first-order valence-corrected chi connectivity index (χ1v) is 29.3. The van der Waals surface area contributed by atoms with Gasteiger partial charge in [-0.15, -0.1) is 0 Å². The number of hydrogen-bond donors (Lipinski definition) is 2. The van der Waals surface area contributed by atoms with E-state index in [4.69, 9.17) is 23.3 Å². The largest absolute Gasteiger partial charge is 0.472 e. The SMILES string of the molecule is CC/C=C\C/C=C\C/C=C\C/C=C\CCC(=O)OCC(COP(=O)(O)OCC(CO)OC(=O)CC/C=C\C/C=C\C/C=C\C/C=C\CC)OC(=O)CCCCCCCCCCC/C=C\CCCCCCCC. The van der Waals surface area contributed by atoms with Crippen LogP contribution in [0.15, 0.2) is 109 Å². The van der Waals surface area contributed by atoms with Gasteiger partial charge >= 0.3 is 25.7 Å². The van der Waals surface area contributed by atoms with Crippen LogP contribution in [0.2, 0.25) is 0 Å². The van der Waals surface area contributed by atoms with Crippen molar-refractivity contribution in [2.45, 2.75) is 226 Å². The summed E-state index contributed by atoms with van der Waals surface area (Å²) in [7, 11) is -4.78. The number of ether oxygens (including phenoxy) is 3. The summed E-state index contributed by atoms with van der Waals surface area (Å²) in [5.41, 5.74) is 0. The number of unbranched alkanes of at least 4 members (excludes halogenated alkanes) is 15. The molecule has 0 aliphatic rings. The Balaban J connectivity index is 4.84. The van der Waals surface area contributed by atoms with Crippen molar-refractivity contribution in [1.82, 2.24) is 0 Å². The highest BCUT2D eigenvalue weighted by Crippen LogP contribution is 2.43. The van der Waals surface area contributed by atoms with E-state index < -0.39 is 57.8 Å². The second-order valence-corrected chi connectivity index (χ2v) is 19.4. The average Bonchev–Trinajstić information content (AvgIpc) is 3.37. The molecule has 11 nitrogen and oxygen atoms in total. The minimum absolute atomic E-state index is 0.0467. The lowest BCUT2D eigenvalue weighted by Gasteiger charge is -2.21. The summed E-state index contributed by atoms with van der Waals surface area (Å²) in [4.78, 5) is 48.4. The number of phosphoric acid groups is 1. The maximum absolute atomic E-state index is 12.9. The van der Waals surface area contributed by atoms with Crippen molar-refractivity contribution in [2.75, 3.05) is 26.4 Å². The number of carbonyl (C=O) groups excluding carboxylic acids is 3. The third-order valence-corrected chi connectivity index (χ3v) is 12.1. The van der Waals surface area contributed by atoms with Gasteiger partial charge in [0.15, 0.2) is 6.10 Å². The number of hydrogen-bond acceptors (Lipinski definition) is 10. The van der Waals surface area contributed by atoms with Gasteiger partial charge in [0.2, 0.25) is 0 Å². The van der Waals surface area contributed by atoms with Gasteiger partial charge in [-0.05, 0) is 96.3 Å². The standard InChI is InChI=1S/C60H99O11P/c1-4-7-10-13-16-19-22-25-26-27-28-29-30-33-36-39-42-45-48-51-60(64)71-57(53-67-58(62)49-46-43-40-37-34-31-23-20-17-14-11-8-5-2)55-69-72(65,66)68-54-56(52-61)70-59(63)50-47-44-41-38-35-32-24-21-18-15-12-9-6-3/h8-9,11-12,17-18,20-21,25-26,31-32,34-35,40-41,43-44,56-57,61H,4-7,10,13-16,19,22-24,27-30,33,36-39,42,45-55H2,1-3H3,(H,65,66)/b11-8-,12-9-,20-17-,21-18-,26-25-,34-31-,35-32-,43-40-,44-41-. The fourth-order valence-corrected chi connectivity index (χ4v) is 7.81. The van der Waals surface area contributed by atoms with Crippen LogP contribution in [0, 0.1) is 0 Å². The van der Waals surface area contributed by atoms with Crippen LogP contribution < -0.4 is 0 Å². The van der Waals surface area contributed by atoms with Crippen molar-refractivity contribution in [2.24, 2.45) is 0 Å². The lowest BCUT2D eigenvalue weighted by atomic mass is 10.1. The Hall–Kier alpha value is -3.86. The van der Waals surface area contributed by atoms with E-state index in [0.717, 1.165) is 70.6 Å². The number of allylic oxidation sites excluding steroid dienone is 18. The Morgan fingerprint density at radius 1 is 0.403 bits per heavy atom. The van der Waals surface area contributed by atoms with E-state index in [1.54, 1.807) is 0 Å². The number of rotatable bonds is 50. The summed E-state index contributed by atoms with van der Waals surface area (Å²) in [6, 6.07) is 0. The molecule has 0 bridgehead atoms. The zero-order valence-corrected chi connectivity index (χ0v) is 46.0. The van der Waals surface area contributed by atoms with Gasteiger partial charge < -0.3 is 24.2 Å². The van der Waals surface area contributed by atoms with Gasteiger partial charge in [-0.1, -0.05) is 207 Å². The first-order valence-electron chi connectivity index (χ1n) is 27.8. The Kier molecular flexibility index (Phi) is 50.6. The van der Waals surface area contributed by atoms with Crippen LogP contribution >= 0.6 is 7.82 Å². The second kappa shape index (κ2) is 53.4. The van der Waals surface area contributed by atoms with E-state index in [1.165, 1.54) is 83.5 Å². The predicted molar refractivity (Wildman–Crippen MR) is 297 cm³/mol. The van der Waals surface area contributed by atoms with Gasteiger partial charge in [-0.2, -0.15) is 0 Å². The van der Waals surface area contributed by atoms with E-state index in [-0.39, 0.29) is 25.9 Å². The number of aliphatic hydroxyl groups is 1. The fourth-order valence-electron chi connectivity index (χ4n) is 7.02. The van der Waals surface area contributed by atoms with Crippen molar-refractivity contribution in [3.63, 3.8) is 0 Å². The van der Waals surface area contributed by atoms with Crippen LogP contribution in [0.25, 0.3) is 0 Å². The van der Waals surface area contributed by atoms with Crippen LogP contribution in [0.4, 0.5) is 0 Å². The normalized spacial score (nSPS) is 14.2. The van der Waals surface area contributed by atoms with Gasteiger partial charge in [0, 0.05) is 19.3 Å². The first kappa shape index (κ1) is 68.1. The van der Waals surface area contributed by atoms with Gasteiger partial charge in [0.25, 0.3) is 0 Å². The van der Waals surface area contributed by atoms with Gasteiger partial charge in [0.05, 0.1) is 19.8 Å². The van der Waals surface area contributed by atoms with Gasteiger partial charge in [-0.3, -0.25) is 23.4 Å². The van der Waals surface area contributed by atoms with E-state index >= 15 is 0 Å². The molecular weight excluding hydrogens is 928 g/mol. The summed E-state index contributed by atoms with van der Waals surface area (Å²) >= 11 is 0. The molecule has 3 atom stereocenters. The van der Waals surface area contributed by atoms with E-state index in [2.05, 4.69) is 99.8 Å². The smallest absolute Gasteiger partial charge is 0.462 e. The molecular formula is C60H99O11P. The Bertz CT molecular complexity index is 1620. The molecule has 0 aliphatic carbocycles. The molecule has 0 radical (unpaired) electrons. The van der Waals surface area contributed by atoms with E-state index in [1.807, 2.05) is 30.4 Å². The molecule has 0 aromatic heterocycles. The molecule has 0 rings (SSSR count). The summed E-state index contributed by atoms with van der Waals surface area (Å²) in [5, 5.41) is 9.77. The molecule has 0 aromatic carbocycles. The number of carbonyl (C=O) groups is 3. The third kappa shape index (κ3) is 51.1. The van der Waals surface area contributed by atoms with Crippen LogP contribution in [-0.4, -0.2) is 66.5 Å². The molecule has 12 heteroatoms. The number of phosphoric ester groups is 1. The highest BCUT2D eigenvalue weighted by atomic mass is 31.2. The minimum atomic E-state index is -4.78. The van der Waals surface area contributed by atoms with Crippen LogP contribution in [0.3, 0.4) is 0 Å². The molecule has 0 saturated heterocycles. The fraction of sp³-hybridized carbons (Fsp3) is 0.650. The van der Waals surface area contributed by atoms with Crippen LogP contribution in [0.1, 0.15) is 213 Å². The molecule has 0 amide bonds. The Labute approximate surface area is 437 Å². The highest BCUT2D eigenvalue weighted by Gasteiger charge is 2.28. The van der Waals surface area contributed by atoms with Gasteiger partial charge in [0.1, 0.15) is 12.7 Å². The van der Waals surface area contributed by atoms with E-state index in [9.17, 15) is 28.9 Å². The molecule has 0 spiro atoms. The molecule has 0 fully saturated rings. The molecule has 2 N–H and O–H groups in total. The molecule has 3 unspecified atom stereocenters. The number of esters is 3. The first-order chi connectivity index (χ1) is 35.2. The Morgan fingerprint density at radius 2 is 0.750 bits per heavy atom. The van der Waals surface area contributed by atoms with Crippen molar-refractivity contribution >= 4 is 25.7 Å². The molecule has 72 heavy (non-hydrogen) atoms. The zero-order chi connectivity index (χ0) is 52.7. The molecule has 410 valence electrons. The van der Waals surface area contributed by atoms with Crippen LogP contribution in [0.5, 0.6) is 0 Å². The van der Waals surface area contributed by atoms with Crippen LogP contribution in [-0.2, 0) is 42.2 Å². The predicted octanol–water partition coefficient (Wildman–Crippen LogP) is 16.2. The molecule has 0 aliphatic heterocycles. The minimum Gasteiger partial charge on any atom is -0.462 e. The lowest BCUT2D eigenvalue weighted by molar-refractivity contribution is -0.161. The maximum Gasteiger partial charge on any atom is 0.472 e. The average molecular weight is 1030 g/mol. The monoisotopic (exact) mass is 1030 g/mol. The van der Waals surface area contributed by atoms with E-state index in [0.29, 0.717) is 19.3 Å². The van der Waals surface area contributed by atoms with Crippen molar-refractivity contribution < 1.29 is 52.2 Å². The summed E-state index contributed by atoms with van der Waals surface area (Å²) < 4.78 is 39.3. The summed E-state index contributed by atoms with van der Waals surface area (Å²) in [5.74, 6) is -1.66. The number of aliphatic hydroxyl groups excluding tert-OH is 1. The lowest BCUT2D eigenvalue weighted by Crippen LogP contribution is -2.30. The topological polar surface area (TPSA) is 155 Å². The van der Waals surface area contributed by atoms with Crippen molar-refractivity contribution in [3.05, 3.63) is 109 Å². The third-order valence-electron chi connectivity index (χ3n) is 11.2. The Morgan fingerprint density at radius 3 is 1.19 bits per heavy atom. The second-order valence-electron chi connectivity index (χ2n) is 18.0. The van der Waals surface area contributed by atoms with Crippen molar-refractivity contribution in [1.29, 1.82) is 0 Å². The summed E-state index contributed by atoms with van der Waals surface area (Å²) in [6.45, 7) is 4.23. The molecule has 0 saturated carbocycles. The quantitative estimate of drug-likeness (QED) is 0.0197. The van der Waals surface area contributed by atoms with Gasteiger partial charge in [-0.25, -0.2) is 4.57 Å².